The Morgan fingerprint density at radius 2 is 0.500 bits per heavy atom. The largest absolute Gasteiger partial charge is 3.00 e. The van der Waals surface area contributed by atoms with E-state index in [1.807, 2.05) is 0 Å². The van der Waals surface area contributed by atoms with Gasteiger partial charge in [0, 0.05) is 0 Å². The van der Waals surface area contributed by atoms with Crippen LogP contribution in [0.5, 0.6) is 0 Å². The van der Waals surface area contributed by atoms with Gasteiger partial charge in [-0.3, -0.25) is 0 Å². The normalized spacial score (nSPS) is 2.25. The Kier molecular flexibility index (Phi) is 3230. The van der Waals surface area contributed by atoms with E-state index in [1.165, 1.54) is 0 Å². The first-order valence-corrected chi connectivity index (χ1v) is 1.10. The summed E-state index contributed by atoms with van der Waals surface area (Å²) in [5.74, 6) is 0. The molecule has 0 unspecified atom stereocenters. The summed E-state index contributed by atoms with van der Waals surface area (Å²) in [5, 5.41) is 27.0. The zero-order valence-electron chi connectivity index (χ0n) is 7.29. The monoisotopic (exact) mass is 386 g/mol. The van der Waals surface area contributed by atoms with Crippen LogP contribution in [0.4, 0.5) is 0 Å². The van der Waals surface area contributed by atoms with E-state index in [9.17, 15) is 0 Å². The van der Waals surface area contributed by atoms with Crippen molar-refractivity contribution in [1.82, 2.24) is 0 Å². The maximum absolute atomic E-state index is 8.00. The fourth-order valence-corrected chi connectivity index (χ4v) is 0. The number of hydrogen-bond acceptors (Lipinski definition) is 9. The van der Waals surface area contributed by atoms with Crippen LogP contribution in [-0.2, 0) is 0 Å². The van der Waals surface area contributed by atoms with Crippen molar-refractivity contribution in [2.45, 2.75) is 0 Å². The van der Waals surface area contributed by atoms with Gasteiger partial charge in [0.15, 0.2) is 0 Å². The summed E-state index contributed by atoms with van der Waals surface area (Å²) in [6.07, 6.45) is 0. The van der Waals surface area contributed by atoms with Crippen molar-refractivity contribution >= 4 is 0 Å². The molecule has 0 fully saturated rings. The predicted molar refractivity (Wildman–Crippen MR) is 49.2 cm³/mol. The molecule has 12 N–H and O–H groups in total. The molecular weight excluding hydrogens is 374 g/mol. The van der Waals surface area contributed by atoms with Gasteiger partial charge in [0.2, 0.25) is 0 Å². The van der Waals surface area contributed by atoms with Crippen LogP contribution in [0.15, 0.2) is 16.0 Å². The summed E-state index contributed by atoms with van der Waals surface area (Å²) >= 11 is 0. The second-order valence-electron chi connectivity index (χ2n) is 0.224. The molecule has 16 heavy (non-hydrogen) atoms. The molecule has 0 bridgehead atoms. The first-order valence-electron chi connectivity index (χ1n) is 1.10. The van der Waals surface area contributed by atoms with Gasteiger partial charge in [-0.25, -0.2) is 0 Å². The van der Waals surface area contributed by atoms with E-state index in [0.717, 1.165) is 16.0 Å². The van der Waals surface area contributed by atoms with E-state index < -0.39 is 0 Å². The van der Waals surface area contributed by atoms with Crippen LogP contribution in [0.1, 0.15) is 0 Å². The minimum Gasteiger partial charge on any atom is -0.444 e. The van der Waals surface area contributed by atoms with Crippen molar-refractivity contribution in [2.24, 2.45) is 16.0 Å². The first-order chi connectivity index (χ1) is 4.24. The third-order valence-electron chi connectivity index (χ3n) is 0. The summed E-state index contributed by atoms with van der Waals surface area (Å²) in [5.41, 5.74) is 0. The minimum atomic E-state index is 0. The van der Waals surface area contributed by atoms with E-state index in [1.54, 1.807) is 0 Å². The molecule has 0 aromatic rings. The molecule has 0 amide bonds. The second-order valence-corrected chi connectivity index (χ2v) is 0.224. The Bertz CT molecular complexity index is 53.0. The summed E-state index contributed by atoms with van der Waals surface area (Å²) in [6.45, 7) is 0. The number of nitrogens with zero attached hydrogens (tertiary/aromatic N) is 3. The van der Waals surface area contributed by atoms with Gasteiger partial charge in [-0.1, -0.05) is 0 Å². The third kappa shape index (κ3) is 4610. The van der Waals surface area contributed by atoms with Crippen molar-refractivity contribution in [1.29, 1.82) is 0 Å². The fourth-order valence-electron chi connectivity index (χ4n) is 0. The van der Waals surface area contributed by atoms with Crippen molar-refractivity contribution < 1.29 is 74.6 Å². The molecule has 0 spiro atoms. The van der Waals surface area contributed by atoms with Crippen molar-refractivity contribution in [3.8, 4) is 0 Å². The summed E-state index contributed by atoms with van der Waals surface area (Å²) in [6, 6.07) is 0. The summed E-state index contributed by atoms with van der Waals surface area (Å²) in [7, 11) is 0. The van der Waals surface area contributed by atoms with Crippen LogP contribution in [0.3, 0.4) is 0 Å². The van der Waals surface area contributed by atoms with Gasteiger partial charge in [-0.2, -0.15) is 0 Å². The Balaban J connectivity index is -0.00000000346. The van der Waals surface area contributed by atoms with E-state index in [-0.39, 0.29) is 74.6 Å². The molecule has 103 valence electrons. The Hall–Kier alpha value is -0.663. The van der Waals surface area contributed by atoms with Gasteiger partial charge in [-0.15, -0.1) is 16.0 Å². The standard InChI is InChI=1S/Ce.3HNO2.6H2O/c;3*2-1-3;;;;;;/h;3*(H,2,3);6*1H2/q+3;;;;;;;;;/p-3. The molecule has 15 nitrogen and oxygen atoms in total. The summed E-state index contributed by atoms with van der Waals surface area (Å²) < 4.78 is 0. The quantitative estimate of drug-likeness (QED) is 0.293. The maximum atomic E-state index is 8.00. The molecule has 16 heteroatoms. The van der Waals surface area contributed by atoms with E-state index in [2.05, 4.69) is 0 Å². The SMILES string of the molecule is O.O.O.O.O.O.O=N[O-].O=N[O-].O=N[O-].[Ce+3]. The molecule has 0 aliphatic carbocycles. The topological polar surface area (TPSA) is 346 Å². The number of rotatable bonds is 0. The van der Waals surface area contributed by atoms with Gasteiger partial charge >= 0.3 is 41.7 Å². The van der Waals surface area contributed by atoms with E-state index in [4.69, 9.17) is 30.3 Å². The summed E-state index contributed by atoms with van der Waals surface area (Å²) in [4.78, 5) is 24.0. The van der Waals surface area contributed by atoms with E-state index >= 15 is 0 Å². The van der Waals surface area contributed by atoms with Crippen molar-refractivity contribution in [3.63, 3.8) is 0 Å². The van der Waals surface area contributed by atoms with Crippen LogP contribution < -0.4 is 0 Å². The first kappa shape index (κ1) is 111. The molecule has 0 aliphatic heterocycles. The van der Waals surface area contributed by atoms with Crippen LogP contribution in [-0.4, -0.2) is 32.9 Å². The molecule has 0 aromatic carbocycles. The smallest absolute Gasteiger partial charge is 0.444 e. The van der Waals surface area contributed by atoms with Crippen LogP contribution in [0, 0.1) is 72.1 Å². The Labute approximate surface area is 120 Å². The third-order valence-corrected chi connectivity index (χ3v) is 0. The zero-order chi connectivity index (χ0) is 8.12. The average Bonchev–Trinajstić information content (AvgIpc) is 1.70. The molecule has 0 atom stereocenters. The molecule has 1 radical (unpaired) electrons. The molecule has 0 rings (SSSR count). The van der Waals surface area contributed by atoms with Gasteiger partial charge in [0.05, 0.1) is 0 Å². The van der Waals surface area contributed by atoms with Gasteiger partial charge < -0.3 is 63.2 Å². The molecule has 0 aromatic heterocycles. The van der Waals surface area contributed by atoms with Gasteiger partial charge in [0.25, 0.3) is 0 Å². The minimum absolute atomic E-state index is 0. The van der Waals surface area contributed by atoms with E-state index in [0.29, 0.717) is 0 Å². The Morgan fingerprint density at radius 1 is 0.500 bits per heavy atom. The molecule has 0 heterocycles. The van der Waals surface area contributed by atoms with Gasteiger partial charge in [0.1, 0.15) is 0 Å². The zero-order valence-corrected chi connectivity index (χ0v) is 10.4. The molecule has 0 aliphatic rings. The fraction of sp³-hybridized carbons (Fsp3) is 0. The van der Waals surface area contributed by atoms with Crippen LogP contribution >= 0.6 is 0 Å². The second kappa shape index (κ2) is 467. The average molecular weight is 386 g/mol. The Morgan fingerprint density at radius 3 is 0.500 bits per heavy atom. The van der Waals surface area contributed by atoms with Crippen LogP contribution in [0.2, 0.25) is 0 Å². The molecule has 0 saturated carbocycles. The predicted octanol–water partition coefficient (Wildman–Crippen LogP) is -4.20. The number of hydrogen-bond donors (Lipinski definition) is 0. The van der Waals surface area contributed by atoms with Gasteiger partial charge in [-0.05, 0) is 0 Å². The van der Waals surface area contributed by atoms with Crippen molar-refractivity contribution in [2.75, 3.05) is 0 Å². The molecule has 0 saturated heterocycles. The maximum Gasteiger partial charge on any atom is 3.00 e. The van der Waals surface area contributed by atoms with Crippen molar-refractivity contribution in [3.05, 3.63) is 30.3 Å². The molecular formula is H12CeN3O12. The van der Waals surface area contributed by atoms with Crippen LogP contribution in [0.25, 0.3) is 0 Å².